The second-order valence-corrected chi connectivity index (χ2v) is 15.3. The maximum atomic E-state index is 13.5. The number of carbonyl (C=O) groups is 2. The lowest BCUT2D eigenvalue weighted by Crippen LogP contribution is -2.46. The van der Waals surface area contributed by atoms with Crippen molar-refractivity contribution in [3.8, 4) is 29.7 Å². The molecule has 7 rings (SSSR count). The number of ether oxygens (including phenoxy) is 2. The number of anilines is 4. The molecule has 3 heterocycles. The van der Waals surface area contributed by atoms with Crippen molar-refractivity contribution in [2.24, 2.45) is 0 Å². The SMILES string of the molecule is C#Cc1cc(Nc2nccc(Oc3ccc(NC(=O)Nc4cc(C(C)(C)C)nn4-c4ccc(C)cc4)c4ccccc34)n2)cc(C(=O)NC(C)CN2CCOCC2)c1. The summed E-state index contributed by atoms with van der Waals surface area (Å²) in [7, 11) is 0. The number of urea groups is 1. The molecule has 4 aromatic carbocycles. The van der Waals surface area contributed by atoms with E-state index in [4.69, 9.17) is 21.0 Å². The van der Waals surface area contributed by atoms with Crippen molar-refractivity contribution in [2.75, 3.05) is 48.8 Å². The van der Waals surface area contributed by atoms with E-state index in [1.54, 1.807) is 47.3 Å². The zero-order chi connectivity index (χ0) is 40.8. The van der Waals surface area contributed by atoms with Crippen molar-refractivity contribution < 1.29 is 19.1 Å². The van der Waals surface area contributed by atoms with Gasteiger partial charge in [-0.1, -0.05) is 68.7 Å². The Morgan fingerprint density at radius 1 is 0.948 bits per heavy atom. The van der Waals surface area contributed by atoms with Crippen molar-refractivity contribution >= 4 is 45.9 Å². The normalized spacial score (nSPS) is 13.7. The van der Waals surface area contributed by atoms with E-state index in [0.29, 0.717) is 47.3 Å². The minimum absolute atomic E-state index is 0.0753. The van der Waals surface area contributed by atoms with Crippen LogP contribution in [0.25, 0.3) is 16.5 Å². The first-order valence-corrected chi connectivity index (χ1v) is 19.2. The number of carbonyl (C=O) groups excluding carboxylic acids is 2. The van der Waals surface area contributed by atoms with Gasteiger partial charge in [0.15, 0.2) is 0 Å². The third kappa shape index (κ3) is 9.61. The quantitative estimate of drug-likeness (QED) is 0.0961. The molecule has 1 saturated heterocycles. The smallest absolute Gasteiger partial charge is 0.324 e. The highest BCUT2D eigenvalue weighted by molar-refractivity contribution is 6.07. The van der Waals surface area contributed by atoms with Crippen LogP contribution in [0.3, 0.4) is 0 Å². The number of fused-ring (bicyclic) bond motifs is 1. The highest BCUT2D eigenvalue weighted by Gasteiger charge is 2.22. The van der Waals surface area contributed by atoms with Gasteiger partial charge in [-0.15, -0.1) is 6.42 Å². The van der Waals surface area contributed by atoms with Crippen LogP contribution >= 0.6 is 0 Å². The molecule has 13 heteroatoms. The molecular formula is C45H47N9O4. The summed E-state index contributed by atoms with van der Waals surface area (Å²) in [5.41, 5.74) is 4.67. The average molecular weight is 778 g/mol. The topological polar surface area (TPSA) is 148 Å². The van der Waals surface area contributed by atoms with Crippen molar-refractivity contribution in [3.63, 3.8) is 0 Å². The fraction of sp³-hybridized carbons (Fsp3) is 0.267. The van der Waals surface area contributed by atoms with Crippen molar-refractivity contribution in [3.05, 3.63) is 120 Å². The molecule has 0 bridgehead atoms. The highest BCUT2D eigenvalue weighted by atomic mass is 16.5. The summed E-state index contributed by atoms with van der Waals surface area (Å²) in [6.45, 7) is 14.0. The summed E-state index contributed by atoms with van der Waals surface area (Å²) in [4.78, 5) is 38.1. The predicted octanol–water partition coefficient (Wildman–Crippen LogP) is 8.03. The number of rotatable bonds is 11. The summed E-state index contributed by atoms with van der Waals surface area (Å²) in [5, 5.41) is 18.6. The van der Waals surface area contributed by atoms with E-state index in [-0.39, 0.29) is 29.2 Å². The van der Waals surface area contributed by atoms with Gasteiger partial charge in [0.1, 0.15) is 11.6 Å². The van der Waals surface area contributed by atoms with E-state index in [1.165, 1.54) is 0 Å². The standard InChI is InChI=1S/C45H47N9O4/c1-7-31-24-32(42(55)47-30(3)28-53-20-22-57-23-21-53)26-33(25-31)48-43-46-19-18-41(51-43)58-38-17-16-37(35-10-8-9-11-36(35)38)49-44(56)50-40-27-39(45(4,5)6)52-54(40)34-14-12-29(2)13-15-34/h1,8-19,24-27,30H,20-23,28H2,2-6H3,(H,47,55)(H,46,48,51)(H2,49,50,56). The number of aromatic nitrogens is 4. The zero-order valence-corrected chi connectivity index (χ0v) is 33.3. The maximum absolute atomic E-state index is 13.5. The number of benzene rings is 4. The van der Waals surface area contributed by atoms with Crippen LogP contribution in [0.2, 0.25) is 0 Å². The molecule has 3 amide bonds. The molecule has 6 aromatic rings. The summed E-state index contributed by atoms with van der Waals surface area (Å²) in [6.07, 6.45) is 7.35. The Kier molecular flexibility index (Phi) is 11.7. The van der Waals surface area contributed by atoms with Crippen molar-refractivity contribution in [1.82, 2.24) is 30.0 Å². The van der Waals surface area contributed by atoms with E-state index >= 15 is 0 Å². The van der Waals surface area contributed by atoms with E-state index in [1.807, 2.05) is 68.4 Å². The van der Waals surface area contributed by atoms with Crippen molar-refractivity contribution in [2.45, 2.75) is 46.1 Å². The van der Waals surface area contributed by atoms with Gasteiger partial charge in [-0.05, 0) is 56.3 Å². The maximum Gasteiger partial charge on any atom is 0.324 e. The fourth-order valence-electron chi connectivity index (χ4n) is 6.60. The van der Waals surface area contributed by atoms with Gasteiger partial charge in [-0.25, -0.2) is 14.5 Å². The minimum atomic E-state index is -0.420. The second kappa shape index (κ2) is 17.2. The molecule has 296 valence electrons. The first-order valence-electron chi connectivity index (χ1n) is 19.2. The lowest BCUT2D eigenvalue weighted by Gasteiger charge is -2.29. The van der Waals surface area contributed by atoms with Crippen LogP contribution in [-0.4, -0.2) is 75.5 Å². The fourth-order valence-corrected chi connectivity index (χ4v) is 6.60. The number of nitrogens with one attached hydrogen (secondary N) is 4. The van der Waals surface area contributed by atoms with Crippen molar-refractivity contribution in [1.29, 1.82) is 0 Å². The summed E-state index contributed by atoms with van der Waals surface area (Å²) in [5.74, 6) is 4.00. The number of hydrogen-bond donors (Lipinski definition) is 4. The second-order valence-electron chi connectivity index (χ2n) is 15.3. The Morgan fingerprint density at radius 3 is 2.45 bits per heavy atom. The van der Waals surface area contributed by atoms with Crippen LogP contribution in [0.5, 0.6) is 11.6 Å². The molecule has 1 atom stereocenters. The minimum Gasteiger partial charge on any atom is -0.438 e. The lowest BCUT2D eigenvalue weighted by atomic mass is 9.92. The van der Waals surface area contributed by atoms with Gasteiger partial charge in [-0.3, -0.25) is 15.0 Å². The Labute approximate surface area is 338 Å². The predicted molar refractivity (Wildman–Crippen MR) is 228 cm³/mol. The molecule has 1 unspecified atom stereocenters. The highest BCUT2D eigenvalue weighted by Crippen LogP contribution is 2.35. The Morgan fingerprint density at radius 2 is 1.71 bits per heavy atom. The molecule has 4 N–H and O–H groups in total. The Balaban J connectivity index is 1.05. The van der Waals surface area contributed by atoms with Gasteiger partial charge in [0.25, 0.3) is 5.91 Å². The van der Waals surface area contributed by atoms with Gasteiger partial charge in [0, 0.05) is 77.0 Å². The average Bonchev–Trinajstić information content (AvgIpc) is 3.64. The van der Waals surface area contributed by atoms with E-state index in [0.717, 1.165) is 47.4 Å². The first kappa shape index (κ1) is 39.5. The van der Waals surface area contributed by atoms with Gasteiger partial charge in [-0.2, -0.15) is 10.1 Å². The number of terminal acetylenes is 1. The van der Waals surface area contributed by atoms with Gasteiger partial charge < -0.3 is 25.4 Å². The third-order valence-corrected chi connectivity index (χ3v) is 9.61. The molecule has 13 nitrogen and oxygen atoms in total. The summed E-state index contributed by atoms with van der Waals surface area (Å²) in [6, 6.07) is 27.4. The van der Waals surface area contributed by atoms with E-state index < -0.39 is 6.03 Å². The third-order valence-electron chi connectivity index (χ3n) is 9.61. The first-order chi connectivity index (χ1) is 27.9. The molecule has 0 aliphatic carbocycles. The van der Waals surface area contributed by atoms with Gasteiger partial charge in [0.05, 0.1) is 30.3 Å². The molecule has 1 aliphatic heterocycles. The monoisotopic (exact) mass is 777 g/mol. The van der Waals surface area contributed by atoms with E-state index in [2.05, 4.69) is 62.8 Å². The molecule has 1 fully saturated rings. The number of amides is 3. The molecule has 1 aliphatic rings. The van der Waals surface area contributed by atoms with Gasteiger partial charge in [0.2, 0.25) is 11.8 Å². The number of nitrogens with zero attached hydrogens (tertiary/aromatic N) is 5. The van der Waals surface area contributed by atoms with Crippen LogP contribution in [0, 0.1) is 19.3 Å². The number of aryl methyl sites for hydroxylation is 1. The van der Waals surface area contributed by atoms with Crippen LogP contribution in [0.15, 0.2) is 97.2 Å². The molecule has 0 spiro atoms. The Bertz CT molecular complexity index is 2480. The molecule has 0 radical (unpaired) electrons. The number of hydrogen-bond acceptors (Lipinski definition) is 9. The molecule has 2 aromatic heterocycles. The summed E-state index contributed by atoms with van der Waals surface area (Å²) >= 11 is 0. The summed E-state index contributed by atoms with van der Waals surface area (Å²) < 4.78 is 13.5. The zero-order valence-electron chi connectivity index (χ0n) is 33.3. The van der Waals surface area contributed by atoms with Crippen LogP contribution in [0.4, 0.5) is 27.9 Å². The molecular weight excluding hydrogens is 731 g/mol. The van der Waals surface area contributed by atoms with Crippen LogP contribution in [0.1, 0.15) is 54.9 Å². The van der Waals surface area contributed by atoms with Crippen LogP contribution < -0.4 is 26.0 Å². The van der Waals surface area contributed by atoms with Gasteiger partial charge >= 0.3 is 6.03 Å². The largest absolute Gasteiger partial charge is 0.438 e. The Hall–Kier alpha value is -6.75. The van der Waals surface area contributed by atoms with Crippen LogP contribution in [-0.2, 0) is 10.2 Å². The molecule has 0 saturated carbocycles. The lowest BCUT2D eigenvalue weighted by molar-refractivity contribution is 0.0342. The number of morpholine rings is 1. The molecule has 58 heavy (non-hydrogen) atoms. The van der Waals surface area contributed by atoms with E-state index in [9.17, 15) is 9.59 Å².